The first kappa shape index (κ1) is 19.5. The summed E-state index contributed by atoms with van der Waals surface area (Å²) >= 11 is 4.64. The maximum Gasteiger partial charge on any atom is 0.230 e. The minimum Gasteiger partial charge on any atom is -0.349 e. The number of quaternary nitrogens is 1. The standard InChI is InChI=1S/C14H23N5.CH3Cl/c1-6-7-11(3)18-13(12(4)15)19(5)14-16-8-10(2)9-17-14;1-2/h7-9,12H,6,15H2,1-5H3;1H3/p+1/b11-7+,18-13?;. The molecule has 1 unspecified atom stereocenters. The predicted octanol–water partition coefficient (Wildman–Crippen LogP) is 2.42. The lowest BCUT2D eigenvalue weighted by atomic mass is 10.3. The number of aryl methyl sites for hydroxylation is 1. The first-order valence-corrected chi connectivity index (χ1v) is 7.69. The Morgan fingerprint density at radius 2 is 1.95 bits per heavy atom. The molecule has 118 valence electrons. The predicted molar refractivity (Wildman–Crippen MR) is 90.8 cm³/mol. The molecule has 1 atom stereocenters. The summed E-state index contributed by atoms with van der Waals surface area (Å²) in [5, 5.41) is 0. The summed E-state index contributed by atoms with van der Waals surface area (Å²) in [5.74, 6) is 1.51. The van der Waals surface area contributed by atoms with Crippen molar-refractivity contribution in [2.45, 2.75) is 40.2 Å². The number of anilines is 1. The number of nitrogens with zero attached hydrogens (tertiary/aromatic N) is 4. The van der Waals surface area contributed by atoms with Crippen LogP contribution in [0.1, 0.15) is 32.8 Å². The molecule has 5 nitrogen and oxygen atoms in total. The van der Waals surface area contributed by atoms with Crippen molar-refractivity contribution in [3.05, 3.63) is 29.7 Å². The lowest BCUT2D eigenvalue weighted by Crippen LogP contribution is -2.66. The van der Waals surface area contributed by atoms with Crippen LogP contribution in [0.15, 0.2) is 29.2 Å². The third kappa shape index (κ3) is 6.69. The minimum absolute atomic E-state index is 0.0649. The first-order valence-electron chi connectivity index (χ1n) is 6.94. The number of alkyl halides is 1. The summed E-state index contributed by atoms with van der Waals surface area (Å²) in [7, 11) is 1.92. The molecule has 1 rings (SSSR count). The van der Waals surface area contributed by atoms with Gasteiger partial charge in [-0.15, -0.1) is 11.6 Å². The molecule has 0 radical (unpaired) electrons. The average Bonchev–Trinajstić information content (AvgIpc) is 2.47. The van der Waals surface area contributed by atoms with E-state index < -0.39 is 0 Å². The molecule has 0 saturated heterocycles. The van der Waals surface area contributed by atoms with Gasteiger partial charge < -0.3 is 5.73 Å². The van der Waals surface area contributed by atoms with Crippen LogP contribution < -0.4 is 10.6 Å². The van der Waals surface area contributed by atoms with Crippen LogP contribution in [0.2, 0.25) is 0 Å². The van der Waals surface area contributed by atoms with E-state index in [4.69, 9.17) is 0 Å². The lowest BCUT2D eigenvalue weighted by Gasteiger charge is -2.20. The molecule has 1 aromatic rings. The maximum atomic E-state index is 4.64. The number of halogens is 1. The Hall–Kier alpha value is -1.46. The number of amidine groups is 1. The second-order valence-corrected chi connectivity index (χ2v) is 4.74. The van der Waals surface area contributed by atoms with E-state index >= 15 is 0 Å². The fourth-order valence-corrected chi connectivity index (χ4v) is 1.70. The van der Waals surface area contributed by atoms with E-state index in [1.54, 1.807) is 12.4 Å². The highest BCUT2D eigenvalue weighted by Gasteiger charge is 2.18. The second-order valence-electron chi connectivity index (χ2n) is 4.74. The summed E-state index contributed by atoms with van der Waals surface area (Å²) in [5.41, 5.74) is 6.10. The van der Waals surface area contributed by atoms with Gasteiger partial charge in [-0.1, -0.05) is 13.0 Å². The van der Waals surface area contributed by atoms with Crippen LogP contribution in [-0.4, -0.2) is 35.3 Å². The molecule has 1 aromatic heterocycles. The van der Waals surface area contributed by atoms with Crippen molar-refractivity contribution < 1.29 is 5.73 Å². The normalized spacial score (nSPS) is 13.3. The monoisotopic (exact) mass is 312 g/mol. The van der Waals surface area contributed by atoms with E-state index in [0.717, 1.165) is 23.5 Å². The van der Waals surface area contributed by atoms with Crippen LogP contribution in [0.25, 0.3) is 0 Å². The fourth-order valence-electron chi connectivity index (χ4n) is 1.70. The van der Waals surface area contributed by atoms with Crippen molar-refractivity contribution in [2.24, 2.45) is 4.99 Å². The van der Waals surface area contributed by atoms with Crippen LogP contribution in [0.4, 0.5) is 5.95 Å². The van der Waals surface area contributed by atoms with Crippen molar-refractivity contribution in [2.75, 3.05) is 18.3 Å². The molecule has 1 heterocycles. The van der Waals surface area contributed by atoms with E-state index in [2.05, 4.69) is 45.3 Å². The zero-order valence-corrected chi connectivity index (χ0v) is 14.6. The van der Waals surface area contributed by atoms with Gasteiger partial charge in [-0.2, -0.15) is 0 Å². The van der Waals surface area contributed by atoms with Gasteiger partial charge in [0.05, 0.1) is 0 Å². The minimum atomic E-state index is 0.0649. The quantitative estimate of drug-likeness (QED) is 0.527. The highest BCUT2D eigenvalue weighted by molar-refractivity contribution is 6.15. The molecule has 6 heteroatoms. The Kier molecular flexibility index (Phi) is 9.58. The van der Waals surface area contributed by atoms with E-state index in [9.17, 15) is 0 Å². The van der Waals surface area contributed by atoms with E-state index in [1.807, 2.05) is 32.7 Å². The van der Waals surface area contributed by atoms with Gasteiger partial charge in [0, 0.05) is 31.5 Å². The molecule has 0 aliphatic rings. The zero-order chi connectivity index (χ0) is 16.4. The summed E-state index contributed by atoms with van der Waals surface area (Å²) < 4.78 is 0. The Bertz CT molecular complexity index is 465. The van der Waals surface area contributed by atoms with E-state index in [1.165, 1.54) is 6.38 Å². The van der Waals surface area contributed by atoms with Crippen molar-refractivity contribution in [1.29, 1.82) is 0 Å². The molecule has 0 spiro atoms. The molecule has 0 bridgehead atoms. The smallest absolute Gasteiger partial charge is 0.230 e. The summed E-state index contributed by atoms with van der Waals surface area (Å²) in [6, 6.07) is 0.0649. The van der Waals surface area contributed by atoms with Gasteiger partial charge in [0.25, 0.3) is 0 Å². The molecule has 0 aromatic carbocycles. The molecular weight excluding hydrogens is 286 g/mol. The fraction of sp³-hybridized carbons (Fsp3) is 0.533. The number of likely N-dealkylation sites (N-methyl/N-ethyl adjacent to an activating group) is 1. The van der Waals surface area contributed by atoms with Gasteiger partial charge in [0.1, 0.15) is 6.04 Å². The van der Waals surface area contributed by atoms with Gasteiger partial charge in [0.15, 0.2) is 5.84 Å². The zero-order valence-electron chi connectivity index (χ0n) is 13.9. The van der Waals surface area contributed by atoms with Crippen molar-refractivity contribution in [3.8, 4) is 0 Å². The Morgan fingerprint density at radius 3 is 2.38 bits per heavy atom. The highest BCUT2D eigenvalue weighted by Crippen LogP contribution is 2.09. The van der Waals surface area contributed by atoms with Crippen LogP contribution >= 0.6 is 11.6 Å². The van der Waals surface area contributed by atoms with Crippen LogP contribution in [0, 0.1) is 6.92 Å². The second kappa shape index (κ2) is 10.3. The van der Waals surface area contributed by atoms with Crippen molar-refractivity contribution >= 4 is 23.4 Å². The van der Waals surface area contributed by atoms with Gasteiger partial charge in [-0.25, -0.2) is 15.0 Å². The Labute approximate surface area is 132 Å². The van der Waals surface area contributed by atoms with Gasteiger partial charge >= 0.3 is 0 Å². The molecule has 0 amide bonds. The highest BCUT2D eigenvalue weighted by atomic mass is 35.5. The largest absolute Gasteiger partial charge is 0.349 e. The molecule has 3 N–H and O–H groups in total. The topological polar surface area (TPSA) is 69.0 Å². The molecule has 21 heavy (non-hydrogen) atoms. The first-order chi connectivity index (χ1) is 9.95. The molecule has 0 saturated carbocycles. The van der Waals surface area contributed by atoms with Gasteiger partial charge in [0.2, 0.25) is 5.95 Å². The summed E-state index contributed by atoms with van der Waals surface area (Å²) in [4.78, 5) is 15.2. The SMILES string of the molecule is CC/C=C(\C)N=C(C(C)[NH3+])N(C)c1ncc(C)cn1.CCl. The molecular formula is C15H27ClN5+. The number of aromatic nitrogens is 2. The number of rotatable bonds is 4. The van der Waals surface area contributed by atoms with Crippen molar-refractivity contribution in [1.82, 2.24) is 9.97 Å². The summed E-state index contributed by atoms with van der Waals surface area (Å²) in [6.07, 6.45) is 8.14. The lowest BCUT2D eigenvalue weighted by molar-refractivity contribution is -0.389. The number of hydrogen-bond acceptors (Lipinski definition) is 3. The Balaban J connectivity index is 0.00000191. The van der Waals surface area contributed by atoms with Gasteiger partial charge in [-0.3, -0.25) is 4.90 Å². The molecule has 0 aliphatic carbocycles. The van der Waals surface area contributed by atoms with Gasteiger partial charge in [-0.05, 0) is 32.8 Å². The van der Waals surface area contributed by atoms with E-state index in [0.29, 0.717) is 5.95 Å². The van der Waals surface area contributed by atoms with Crippen LogP contribution in [-0.2, 0) is 0 Å². The van der Waals surface area contributed by atoms with Crippen LogP contribution in [0.3, 0.4) is 0 Å². The third-order valence-corrected chi connectivity index (χ3v) is 2.64. The molecule has 0 aliphatic heterocycles. The van der Waals surface area contributed by atoms with Crippen molar-refractivity contribution in [3.63, 3.8) is 0 Å². The number of aliphatic imine (C=N–C) groups is 1. The molecule has 0 fully saturated rings. The number of hydrogen-bond donors (Lipinski definition) is 1. The third-order valence-electron chi connectivity index (χ3n) is 2.64. The maximum absolute atomic E-state index is 4.64. The van der Waals surface area contributed by atoms with Crippen LogP contribution in [0.5, 0.6) is 0 Å². The number of allylic oxidation sites excluding steroid dienone is 2. The van der Waals surface area contributed by atoms with E-state index in [-0.39, 0.29) is 6.04 Å². The summed E-state index contributed by atoms with van der Waals surface area (Å²) in [6.45, 7) is 8.08. The average molecular weight is 313 g/mol. The Morgan fingerprint density at radius 1 is 1.43 bits per heavy atom.